The van der Waals surface area contributed by atoms with Crippen molar-refractivity contribution in [1.82, 2.24) is 5.32 Å². The van der Waals surface area contributed by atoms with Gasteiger partial charge in [0.1, 0.15) is 5.75 Å². The zero-order valence-corrected chi connectivity index (χ0v) is 11.6. The van der Waals surface area contributed by atoms with E-state index in [-0.39, 0.29) is 5.91 Å². The molecule has 4 nitrogen and oxygen atoms in total. The van der Waals surface area contributed by atoms with Gasteiger partial charge in [0.15, 0.2) is 0 Å². The molecule has 0 saturated carbocycles. The van der Waals surface area contributed by atoms with Gasteiger partial charge in [-0.2, -0.15) is 0 Å². The molecule has 4 heteroatoms. The predicted octanol–water partition coefficient (Wildman–Crippen LogP) is 2.52. The van der Waals surface area contributed by atoms with Crippen molar-refractivity contribution in [1.29, 1.82) is 0 Å². The number of carbonyl (C=O) groups excluding carboxylic acids is 1. The minimum atomic E-state index is -0.125. The average Bonchev–Trinajstić information content (AvgIpc) is 2.47. The molecule has 0 radical (unpaired) electrons. The van der Waals surface area contributed by atoms with Crippen LogP contribution in [0.15, 0.2) is 42.5 Å². The van der Waals surface area contributed by atoms with Crippen molar-refractivity contribution in [3.05, 3.63) is 59.2 Å². The van der Waals surface area contributed by atoms with Gasteiger partial charge >= 0.3 is 0 Å². The number of nitrogen functional groups attached to an aromatic ring is 1. The maximum Gasteiger partial charge on any atom is 0.251 e. The number of aryl methyl sites for hydroxylation is 1. The van der Waals surface area contributed by atoms with E-state index in [1.807, 2.05) is 37.3 Å². The van der Waals surface area contributed by atoms with Gasteiger partial charge in [0.05, 0.1) is 7.11 Å². The van der Waals surface area contributed by atoms with E-state index in [1.54, 1.807) is 19.2 Å². The Morgan fingerprint density at radius 3 is 2.55 bits per heavy atom. The van der Waals surface area contributed by atoms with Crippen LogP contribution in [0.4, 0.5) is 5.69 Å². The molecule has 0 heterocycles. The topological polar surface area (TPSA) is 64.3 Å². The van der Waals surface area contributed by atoms with Gasteiger partial charge in [-0.25, -0.2) is 0 Å². The van der Waals surface area contributed by atoms with E-state index in [9.17, 15) is 4.79 Å². The summed E-state index contributed by atoms with van der Waals surface area (Å²) in [5.41, 5.74) is 8.92. The normalized spacial score (nSPS) is 10.1. The van der Waals surface area contributed by atoms with Crippen molar-refractivity contribution < 1.29 is 9.53 Å². The fraction of sp³-hybridized carbons (Fsp3) is 0.188. The molecule has 2 aromatic carbocycles. The molecule has 20 heavy (non-hydrogen) atoms. The Hall–Kier alpha value is -2.49. The third-order valence-corrected chi connectivity index (χ3v) is 3.10. The van der Waals surface area contributed by atoms with Gasteiger partial charge in [0, 0.05) is 17.8 Å². The number of benzene rings is 2. The summed E-state index contributed by atoms with van der Waals surface area (Å²) in [7, 11) is 1.60. The molecule has 0 atom stereocenters. The Morgan fingerprint density at radius 1 is 1.20 bits per heavy atom. The highest BCUT2D eigenvalue weighted by Crippen LogP contribution is 2.18. The van der Waals surface area contributed by atoms with E-state index in [0.717, 1.165) is 11.1 Å². The maximum atomic E-state index is 12.1. The van der Waals surface area contributed by atoms with Gasteiger partial charge in [-0.15, -0.1) is 0 Å². The lowest BCUT2D eigenvalue weighted by Crippen LogP contribution is -2.22. The quantitative estimate of drug-likeness (QED) is 0.839. The van der Waals surface area contributed by atoms with E-state index in [1.165, 1.54) is 0 Å². The highest BCUT2D eigenvalue weighted by atomic mass is 16.5. The summed E-state index contributed by atoms with van der Waals surface area (Å²) < 4.78 is 5.22. The summed E-state index contributed by atoms with van der Waals surface area (Å²) >= 11 is 0. The number of nitrogens with two attached hydrogens (primary N) is 1. The molecular weight excluding hydrogens is 252 g/mol. The van der Waals surface area contributed by atoms with Gasteiger partial charge in [-0.05, 0) is 42.3 Å². The van der Waals surface area contributed by atoms with Crippen LogP contribution in [0.2, 0.25) is 0 Å². The summed E-state index contributed by atoms with van der Waals surface area (Å²) in [6.07, 6.45) is 0. The van der Waals surface area contributed by atoms with Crippen LogP contribution in [0, 0.1) is 6.92 Å². The van der Waals surface area contributed by atoms with Crippen LogP contribution in [0.3, 0.4) is 0 Å². The van der Waals surface area contributed by atoms with Gasteiger partial charge < -0.3 is 15.8 Å². The van der Waals surface area contributed by atoms with E-state index < -0.39 is 0 Å². The standard InChI is InChI=1S/C16H18N2O2/c1-11-3-6-13(9-15(11)20-2)16(19)18-10-12-4-7-14(17)8-5-12/h3-9H,10,17H2,1-2H3,(H,18,19). The number of anilines is 1. The first kappa shape index (κ1) is 13.9. The first-order valence-electron chi connectivity index (χ1n) is 6.37. The molecule has 0 aliphatic heterocycles. The van der Waals surface area contributed by atoms with Crippen molar-refractivity contribution in [2.75, 3.05) is 12.8 Å². The molecule has 0 saturated heterocycles. The minimum absolute atomic E-state index is 0.125. The number of ether oxygens (including phenoxy) is 1. The van der Waals surface area contributed by atoms with E-state index in [4.69, 9.17) is 10.5 Å². The zero-order valence-electron chi connectivity index (χ0n) is 11.6. The molecule has 0 bridgehead atoms. The van der Waals surface area contributed by atoms with Crippen molar-refractivity contribution >= 4 is 11.6 Å². The molecule has 0 fully saturated rings. The highest BCUT2D eigenvalue weighted by molar-refractivity contribution is 5.94. The molecule has 104 valence electrons. The van der Waals surface area contributed by atoms with Crippen molar-refractivity contribution in [3.63, 3.8) is 0 Å². The maximum absolute atomic E-state index is 12.1. The van der Waals surface area contributed by atoms with E-state index >= 15 is 0 Å². The third kappa shape index (κ3) is 3.29. The fourth-order valence-corrected chi connectivity index (χ4v) is 1.88. The van der Waals surface area contributed by atoms with Crippen molar-refractivity contribution in [2.45, 2.75) is 13.5 Å². The Labute approximate surface area is 118 Å². The Bertz CT molecular complexity index is 606. The number of rotatable bonds is 4. The predicted molar refractivity (Wildman–Crippen MR) is 79.8 cm³/mol. The number of carbonyl (C=O) groups is 1. The molecule has 0 unspecified atom stereocenters. The molecular formula is C16H18N2O2. The van der Waals surface area contributed by atoms with Gasteiger partial charge in [0.2, 0.25) is 0 Å². The zero-order chi connectivity index (χ0) is 14.5. The molecule has 0 aliphatic carbocycles. The smallest absolute Gasteiger partial charge is 0.251 e. The van der Waals surface area contributed by atoms with Crippen LogP contribution >= 0.6 is 0 Å². The highest BCUT2D eigenvalue weighted by Gasteiger charge is 2.08. The van der Waals surface area contributed by atoms with Gasteiger partial charge in [0.25, 0.3) is 5.91 Å². The van der Waals surface area contributed by atoms with Crippen molar-refractivity contribution in [3.8, 4) is 5.75 Å². The van der Waals surface area contributed by atoms with Crippen LogP contribution in [0.1, 0.15) is 21.5 Å². The van der Waals surface area contributed by atoms with Crippen LogP contribution in [-0.4, -0.2) is 13.0 Å². The first-order valence-corrected chi connectivity index (χ1v) is 6.37. The van der Waals surface area contributed by atoms with Crippen LogP contribution in [-0.2, 0) is 6.54 Å². The lowest BCUT2D eigenvalue weighted by Gasteiger charge is -2.09. The molecule has 0 spiro atoms. The van der Waals surface area contributed by atoms with Crippen LogP contribution in [0.5, 0.6) is 5.75 Å². The number of amides is 1. The lowest BCUT2D eigenvalue weighted by molar-refractivity contribution is 0.0950. The Morgan fingerprint density at radius 2 is 1.90 bits per heavy atom. The lowest BCUT2D eigenvalue weighted by atomic mass is 10.1. The van der Waals surface area contributed by atoms with Crippen LogP contribution < -0.4 is 15.8 Å². The molecule has 0 aliphatic rings. The second-order valence-corrected chi connectivity index (χ2v) is 4.61. The van der Waals surface area contributed by atoms with Gasteiger partial charge in [-0.1, -0.05) is 18.2 Å². The molecule has 3 N–H and O–H groups in total. The summed E-state index contributed by atoms with van der Waals surface area (Å²) in [6.45, 7) is 2.41. The average molecular weight is 270 g/mol. The Balaban J connectivity index is 2.03. The summed E-state index contributed by atoms with van der Waals surface area (Å²) in [5, 5.41) is 2.87. The summed E-state index contributed by atoms with van der Waals surface area (Å²) in [6, 6.07) is 12.8. The fourth-order valence-electron chi connectivity index (χ4n) is 1.88. The molecule has 0 aromatic heterocycles. The van der Waals surface area contributed by atoms with E-state index in [0.29, 0.717) is 23.5 Å². The largest absolute Gasteiger partial charge is 0.496 e. The Kier molecular flexibility index (Phi) is 4.25. The number of nitrogens with one attached hydrogen (secondary N) is 1. The number of hydrogen-bond donors (Lipinski definition) is 2. The number of hydrogen-bond acceptors (Lipinski definition) is 3. The summed E-state index contributed by atoms with van der Waals surface area (Å²) in [4.78, 5) is 12.1. The first-order chi connectivity index (χ1) is 9.60. The molecule has 2 rings (SSSR count). The number of methoxy groups -OCH3 is 1. The molecule has 2 aromatic rings. The summed E-state index contributed by atoms with van der Waals surface area (Å²) in [5.74, 6) is 0.588. The minimum Gasteiger partial charge on any atom is -0.496 e. The van der Waals surface area contributed by atoms with Gasteiger partial charge in [-0.3, -0.25) is 4.79 Å². The second kappa shape index (κ2) is 6.10. The third-order valence-electron chi connectivity index (χ3n) is 3.10. The van der Waals surface area contributed by atoms with Crippen LogP contribution in [0.25, 0.3) is 0 Å². The monoisotopic (exact) mass is 270 g/mol. The van der Waals surface area contributed by atoms with E-state index in [2.05, 4.69) is 5.32 Å². The second-order valence-electron chi connectivity index (χ2n) is 4.61. The molecule has 1 amide bonds. The van der Waals surface area contributed by atoms with Crippen molar-refractivity contribution in [2.24, 2.45) is 0 Å². The SMILES string of the molecule is COc1cc(C(=O)NCc2ccc(N)cc2)ccc1C.